The van der Waals surface area contributed by atoms with Crippen LogP contribution >= 0.6 is 11.8 Å². The molecular formula is C9H12O2S. The summed E-state index contributed by atoms with van der Waals surface area (Å²) in [5.74, 6) is 0. The maximum absolute atomic E-state index is 9.32. The van der Waals surface area contributed by atoms with Crippen molar-refractivity contribution in [2.75, 3.05) is 13.4 Å². The zero-order valence-electron chi connectivity index (χ0n) is 7.15. The molecule has 0 aliphatic carbocycles. The predicted octanol–water partition coefficient (Wildman–Crippen LogP) is 2.05. The SMILES string of the molecule is COC(O)c1cccc(SC)c1. The highest BCUT2D eigenvalue weighted by Crippen LogP contribution is 2.20. The summed E-state index contributed by atoms with van der Waals surface area (Å²) in [5.41, 5.74) is 0.796. The van der Waals surface area contributed by atoms with Crippen LogP contribution in [0.4, 0.5) is 0 Å². The van der Waals surface area contributed by atoms with Crippen molar-refractivity contribution in [2.45, 2.75) is 11.2 Å². The minimum Gasteiger partial charge on any atom is -0.364 e. The molecule has 12 heavy (non-hydrogen) atoms. The van der Waals surface area contributed by atoms with Gasteiger partial charge in [0.05, 0.1) is 0 Å². The second-order valence-electron chi connectivity index (χ2n) is 2.36. The van der Waals surface area contributed by atoms with E-state index < -0.39 is 6.29 Å². The number of benzene rings is 1. The fourth-order valence-corrected chi connectivity index (χ4v) is 1.40. The Balaban J connectivity index is 2.86. The second-order valence-corrected chi connectivity index (χ2v) is 3.24. The summed E-state index contributed by atoms with van der Waals surface area (Å²) in [7, 11) is 1.48. The van der Waals surface area contributed by atoms with E-state index in [-0.39, 0.29) is 0 Å². The van der Waals surface area contributed by atoms with E-state index in [1.807, 2.05) is 30.5 Å². The first-order chi connectivity index (χ1) is 5.77. The Morgan fingerprint density at radius 2 is 2.25 bits per heavy atom. The molecule has 0 amide bonds. The van der Waals surface area contributed by atoms with Gasteiger partial charge >= 0.3 is 0 Å². The van der Waals surface area contributed by atoms with E-state index in [1.54, 1.807) is 11.8 Å². The number of hydrogen-bond acceptors (Lipinski definition) is 3. The van der Waals surface area contributed by atoms with Gasteiger partial charge in [-0.1, -0.05) is 12.1 Å². The maximum Gasteiger partial charge on any atom is 0.180 e. The fourth-order valence-electron chi connectivity index (χ4n) is 0.931. The summed E-state index contributed by atoms with van der Waals surface area (Å²) >= 11 is 1.64. The highest BCUT2D eigenvalue weighted by molar-refractivity contribution is 7.98. The van der Waals surface area contributed by atoms with Gasteiger partial charge in [0, 0.05) is 17.6 Å². The third kappa shape index (κ3) is 2.24. The van der Waals surface area contributed by atoms with E-state index in [9.17, 15) is 5.11 Å². The Morgan fingerprint density at radius 1 is 1.50 bits per heavy atom. The molecule has 0 aliphatic heterocycles. The van der Waals surface area contributed by atoms with E-state index in [0.717, 1.165) is 10.5 Å². The van der Waals surface area contributed by atoms with E-state index in [0.29, 0.717) is 0 Å². The third-order valence-electron chi connectivity index (χ3n) is 1.60. The van der Waals surface area contributed by atoms with Crippen LogP contribution in [0.1, 0.15) is 11.9 Å². The molecule has 0 aliphatic rings. The molecule has 0 saturated carbocycles. The minimum atomic E-state index is -0.808. The maximum atomic E-state index is 9.32. The highest BCUT2D eigenvalue weighted by Gasteiger charge is 2.04. The van der Waals surface area contributed by atoms with E-state index in [4.69, 9.17) is 4.74 Å². The molecule has 1 rings (SSSR count). The first-order valence-electron chi connectivity index (χ1n) is 3.62. The number of aliphatic hydroxyl groups is 1. The summed E-state index contributed by atoms with van der Waals surface area (Å²) in [4.78, 5) is 1.13. The molecule has 0 radical (unpaired) electrons. The molecule has 0 saturated heterocycles. The monoisotopic (exact) mass is 184 g/mol. The quantitative estimate of drug-likeness (QED) is 0.576. The van der Waals surface area contributed by atoms with Gasteiger partial charge in [0.25, 0.3) is 0 Å². The highest BCUT2D eigenvalue weighted by atomic mass is 32.2. The molecule has 3 heteroatoms. The normalized spacial score (nSPS) is 12.9. The summed E-state index contributed by atoms with van der Waals surface area (Å²) in [6, 6.07) is 7.66. The van der Waals surface area contributed by atoms with Gasteiger partial charge in [0.15, 0.2) is 6.29 Å². The van der Waals surface area contributed by atoms with Gasteiger partial charge in [0.1, 0.15) is 0 Å². The minimum absolute atomic E-state index is 0.796. The zero-order valence-corrected chi connectivity index (χ0v) is 7.97. The standard InChI is InChI=1S/C9H12O2S/c1-11-9(10)7-4-3-5-8(6-7)12-2/h3-6,9-10H,1-2H3. The lowest BCUT2D eigenvalue weighted by Crippen LogP contribution is -1.98. The van der Waals surface area contributed by atoms with Crippen molar-refractivity contribution in [3.63, 3.8) is 0 Å². The number of ether oxygens (including phenoxy) is 1. The largest absolute Gasteiger partial charge is 0.364 e. The summed E-state index contributed by atoms with van der Waals surface area (Å²) in [6.07, 6.45) is 1.19. The molecular weight excluding hydrogens is 172 g/mol. The van der Waals surface area contributed by atoms with Crippen LogP contribution in [0.2, 0.25) is 0 Å². The molecule has 1 N–H and O–H groups in total. The van der Waals surface area contributed by atoms with Crippen LogP contribution in [0.25, 0.3) is 0 Å². The topological polar surface area (TPSA) is 29.5 Å². The molecule has 0 fully saturated rings. The van der Waals surface area contributed by atoms with Crippen LogP contribution in [0.5, 0.6) is 0 Å². The van der Waals surface area contributed by atoms with Crippen molar-refractivity contribution >= 4 is 11.8 Å². The van der Waals surface area contributed by atoms with Crippen molar-refractivity contribution in [3.8, 4) is 0 Å². The van der Waals surface area contributed by atoms with Crippen LogP contribution in [-0.4, -0.2) is 18.5 Å². The Bertz CT molecular complexity index is 250. The Labute approximate surface area is 76.6 Å². The van der Waals surface area contributed by atoms with Crippen molar-refractivity contribution in [1.82, 2.24) is 0 Å². The molecule has 0 aromatic heterocycles. The van der Waals surface area contributed by atoms with Gasteiger partial charge in [0.2, 0.25) is 0 Å². The third-order valence-corrected chi connectivity index (χ3v) is 2.33. The molecule has 1 unspecified atom stereocenters. The van der Waals surface area contributed by atoms with Crippen molar-refractivity contribution in [1.29, 1.82) is 0 Å². The summed E-state index contributed by atoms with van der Waals surface area (Å²) in [6.45, 7) is 0. The molecule has 2 nitrogen and oxygen atoms in total. The lowest BCUT2D eigenvalue weighted by Gasteiger charge is -2.08. The van der Waals surface area contributed by atoms with Gasteiger partial charge < -0.3 is 9.84 Å². The average molecular weight is 184 g/mol. The van der Waals surface area contributed by atoms with Crippen LogP contribution in [0.15, 0.2) is 29.2 Å². The lowest BCUT2D eigenvalue weighted by molar-refractivity contribution is -0.0770. The van der Waals surface area contributed by atoms with Gasteiger partial charge in [-0.3, -0.25) is 0 Å². The fraction of sp³-hybridized carbons (Fsp3) is 0.333. The van der Waals surface area contributed by atoms with E-state index >= 15 is 0 Å². The summed E-state index contributed by atoms with van der Waals surface area (Å²) in [5, 5.41) is 9.32. The first kappa shape index (κ1) is 9.58. The molecule has 0 spiro atoms. The van der Waals surface area contributed by atoms with E-state index in [1.165, 1.54) is 7.11 Å². The van der Waals surface area contributed by atoms with Crippen LogP contribution in [0, 0.1) is 0 Å². The van der Waals surface area contributed by atoms with Crippen molar-refractivity contribution in [3.05, 3.63) is 29.8 Å². The number of thioether (sulfide) groups is 1. The molecule has 66 valence electrons. The second kappa shape index (κ2) is 4.50. The number of methoxy groups -OCH3 is 1. The number of hydrogen-bond donors (Lipinski definition) is 1. The van der Waals surface area contributed by atoms with Crippen LogP contribution < -0.4 is 0 Å². The van der Waals surface area contributed by atoms with Crippen LogP contribution in [0.3, 0.4) is 0 Å². The van der Waals surface area contributed by atoms with Gasteiger partial charge in [-0.2, -0.15) is 0 Å². The Hall–Kier alpha value is -0.510. The summed E-state index contributed by atoms with van der Waals surface area (Å²) < 4.78 is 4.78. The van der Waals surface area contributed by atoms with Crippen LogP contribution in [-0.2, 0) is 4.74 Å². The predicted molar refractivity (Wildman–Crippen MR) is 50.2 cm³/mol. The smallest absolute Gasteiger partial charge is 0.180 e. The molecule has 1 aromatic carbocycles. The average Bonchev–Trinajstić information content (AvgIpc) is 2.17. The molecule has 0 bridgehead atoms. The van der Waals surface area contributed by atoms with Gasteiger partial charge in [-0.15, -0.1) is 11.8 Å². The Morgan fingerprint density at radius 3 is 2.83 bits per heavy atom. The van der Waals surface area contributed by atoms with Crippen molar-refractivity contribution < 1.29 is 9.84 Å². The Kier molecular flexibility index (Phi) is 3.59. The zero-order chi connectivity index (χ0) is 8.97. The number of rotatable bonds is 3. The first-order valence-corrected chi connectivity index (χ1v) is 4.85. The van der Waals surface area contributed by atoms with Gasteiger partial charge in [-0.05, 0) is 18.4 Å². The molecule has 1 aromatic rings. The molecule has 1 atom stereocenters. The van der Waals surface area contributed by atoms with E-state index in [2.05, 4.69) is 0 Å². The van der Waals surface area contributed by atoms with Gasteiger partial charge in [-0.25, -0.2) is 0 Å². The molecule has 0 heterocycles. The number of aliphatic hydroxyl groups excluding tert-OH is 1. The lowest BCUT2D eigenvalue weighted by atomic mass is 10.2. The van der Waals surface area contributed by atoms with Crippen molar-refractivity contribution in [2.24, 2.45) is 0 Å².